The monoisotopic (exact) mass is 362 g/mol. The highest BCUT2D eigenvalue weighted by molar-refractivity contribution is 7.19. The van der Waals surface area contributed by atoms with Gasteiger partial charge in [-0.05, 0) is 36.4 Å². The number of ether oxygens (including phenoxy) is 1. The fraction of sp³-hybridized carbons (Fsp3) is 0.0625. The summed E-state index contributed by atoms with van der Waals surface area (Å²) in [6, 6.07) is 8.94. The van der Waals surface area contributed by atoms with E-state index < -0.39 is 17.5 Å². The first-order valence-corrected chi connectivity index (χ1v) is 7.90. The van der Waals surface area contributed by atoms with Crippen LogP contribution in [0.2, 0.25) is 0 Å². The molecule has 0 aliphatic rings. The van der Waals surface area contributed by atoms with Crippen LogP contribution < -0.4 is 4.74 Å². The Kier molecular flexibility index (Phi) is 3.65. The molecule has 2 aromatic heterocycles. The number of halogens is 3. The third kappa shape index (κ3) is 2.62. The molecule has 0 saturated carbocycles. The quantitative estimate of drug-likeness (QED) is 0.518. The van der Waals surface area contributed by atoms with Crippen molar-refractivity contribution >= 4 is 16.3 Å². The Bertz CT molecular complexity index is 1050. The van der Waals surface area contributed by atoms with E-state index >= 15 is 0 Å². The number of hydrogen-bond acceptors (Lipinski definition) is 5. The smallest absolute Gasteiger partial charge is 0.235 e. The van der Waals surface area contributed by atoms with Crippen LogP contribution in [0.4, 0.5) is 13.2 Å². The van der Waals surface area contributed by atoms with Gasteiger partial charge >= 0.3 is 0 Å². The number of aromatic nitrogens is 4. The van der Waals surface area contributed by atoms with Crippen LogP contribution >= 0.6 is 11.3 Å². The van der Waals surface area contributed by atoms with E-state index in [1.807, 2.05) is 0 Å². The van der Waals surface area contributed by atoms with Crippen molar-refractivity contribution in [1.82, 2.24) is 19.8 Å². The zero-order chi connectivity index (χ0) is 17.6. The lowest BCUT2D eigenvalue weighted by molar-refractivity contribution is 0.415. The molecular weight excluding hydrogens is 353 g/mol. The van der Waals surface area contributed by atoms with E-state index in [9.17, 15) is 13.2 Å². The van der Waals surface area contributed by atoms with Crippen LogP contribution in [0, 0.1) is 17.5 Å². The van der Waals surface area contributed by atoms with Gasteiger partial charge in [-0.3, -0.25) is 0 Å². The summed E-state index contributed by atoms with van der Waals surface area (Å²) in [6.45, 7) is 0. The minimum atomic E-state index is -1.51. The number of methoxy groups -OCH3 is 1. The molecule has 5 nitrogen and oxygen atoms in total. The molecule has 0 aliphatic heterocycles. The summed E-state index contributed by atoms with van der Waals surface area (Å²) in [5, 5.41) is 12.7. The minimum absolute atomic E-state index is 0.132. The molecule has 0 unspecified atom stereocenters. The van der Waals surface area contributed by atoms with Gasteiger partial charge in [0.25, 0.3) is 0 Å². The Morgan fingerprint density at radius 3 is 2.28 bits per heavy atom. The number of fused-ring (bicyclic) bond motifs is 1. The van der Waals surface area contributed by atoms with E-state index in [2.05, 4.69) is 15.3 Å². The van der Waals surface area contributed by atoms with Crippen molar-refractivity contribution in [2.24, 2.45) is 0 Å². The average Bonchev–Trinajstić information content (AvgIpc) is 3.20. The van der Waals surface area contributed by atoms with Gasteiger partial charge in [0.15, 0.2) is 23.3 Å². The summed E-state index contributed by atoms with van der Waals surface area (Å²) >= 11 is 1.09. The molecule has 4 rings (SSSR count). The van der Waals surface area contributed by atoms with Gasteiger partial charge in [0.1, 0.15) is 10.8 Å². The molecule has 25 heavy (non-hydrogen) atoms. The Labute approximate surface area is 143 Å². The van der Waals surface area contributed by atoms with Crippen LogP contribution in [-0.2, 0) is 0 Å². The molecule has 2 aromatic carbocycles. The van der Waals surface area contributed by atoms with Crippen LogP contribution in [0.5, 0.6) is 5.75 Å². The van der Waals surface area contributed by atoms with Crippen LogP contribution in [0.3, 0.4) is 0 Å². The molecule has 0 bridgehead atoms. The van der Waals surface area contributed by atoms with E-state index in [-0.39, 0.29) is 5.56 Å². The van der Waals surface area contributed by atoms with Crippen LogP contribution in [0.25, 0.3) is 26.9 Å². The van der Waals surface area contributed by atoms with Gasteiger partial charge in [-0.1, -0.05) is 11.3 Å². The molecule has 0 N–H and O–H groups in total. The van der Waals surface area contributed by atoms with Gasteiger partial charge in [0.05, 0.1) is 7.11 Å². The van der Waals surface area contributed by atoms with Crippen molar-refractivity contribution in [2.45, 2.75) is 0 Å². The van der Waals surface area contributed by atoms with Crippen LogP contribution in [0.15, 0.2) is 36.4 Å². The summed E-state index contributed by atoms with van der Waals surface area (Å²) in [4.78, 5) is 0.450. The maximum atomic E-state index is 13.4. The fourth-order valence-electron chi connectivity index (χ4n) is 2.33. The van der Waals surface area contributed by atoms with Gasteiger partial charge in [-0.25, -0.2) is 13.2 Å². The summed E-state index contributed by atoms with van der Waals surface area (Å²) in [7, 11) is 1.57. The first-order chi connectivity index (χ1) is 12.1. The van der Waals surface area contributed by atoms with E-state index in [4.69, 9.17) is 4.74 Å². The molecule has 4 aromatic rings. The summed E-state index contributed by atoms with van der Waals surface area (Å²) < 4.78 is 46.6. The van der Waals surface area contributed by atoms with E-state index in [1.165, 1.54) is 4.52 Å². The predicted octanol–water partition coefficient (Wildman–Crippen LogP) is 3.95. The molecule has 0 aliphatic carbocycles. The van der Waals surface area contributed by atoms with Crippen molar-refractivity contribution in [3.63, 3.8) is 0 Å². The largest absolute Gasteiger partial charge is 0.497 e. The topological polar surface area (TPSA) is 52.3 Å². The third-order valence-corrected chi connectivity index (χ3v) is 4.52. The second-order valence-electron chi connectivity index (χ2n) is 5.11. The second kappa shape index (κ2) is 5.85. The first kappa shape index (κ1) is 15.6. The highest BCUT2D eigenvalue weighted by atomic mass is 32.1. The maximum Gasteiger partial charge on any atom is 0.235 e. The Morgan fingerprint density at radius 1 is 0.960 bits per heavy atom. The Balaban J connectivity index is 1.80. The molecule has 0 spiro atoms. The average molecular weight is 362 g/mol. The third-order valence-electron chi connectivity index (χ3n) is 3.57. The Hall–Kier alpha value is -2.94. The molecule has 0 saturated heterocycles. The van der Waals surface area contributed by atoms with Gasteiger partial charge in [-0.2, -0.15) is 9.61 Å². The first-order valence-electron chi connectivity index (χ1n) is 7.08. The fourth-order valence-corrected chi connectivity index (χ4v) is 3.16. The lowest BCUT2D eigenvalue weighted by Crippen LogP contribution is -1.94. The number of rotatable bonds is 3. The zero-order valence-electron chi connectivity index (χ0n) is 12.7. The standard InChI is InChI=1S/C16H9F3N4OS/c1-24-10-4-2-8(3-5-10)14-20-21-16-23(14)22-15(25-16)9-6-11(17)13(19)12(18)7-9/h2-7H,1H3. The van der Waals surface area contributed by atoms with Crippen LogP contribution in [0.1, 0.15) is 0 Å². The van der Waals surface area contributed by atoms with E-state index in [0.29, 0.717) is 21.5 Å². The summed E-state index contributed by atoms with van der Waals surface area (Å²) in [5.74, 6) is -2.87. The summed E-state index contributed by atoms with van der Waals surface area (Å²) in [6.07, 6.45) is 0. The van der Waals surface area contributed by atoms with Gasteiger partial charge in [0, 0.05) is 11.1 Å². The molecule has 126 valence electrons. The van der Waals surface area contributed by atoms with E-state index in [1.54, 1.807) is 31.4 Å². The van der Waals surface area contributed by atoms with Crippen molar-refractivity contribution in [1.29, 1.82) is 0 Å². The van der Waals surface area contributed by atoms with Gasteiger partial charge in [0.2, 0.25) is 4.96 Å². The normalized spacial score (nSPS) is 11.2. The maximum absolute atomic E-state index is 13.4. The molecule has 9 heteroatoms. The second-order valence-corrected chi connectivity index (χ2v) is 6.06. The SMILES string of the molecule is COc1ccc(-c2nnc3sc(-c4cc(F)c(F)c(F)c4)nn23)cc1. The molecular formula is C16H9F3N4OS. The molecule has 0 fully saturated rings. The minimum Gasteiger partial charge on any atom is -0.497 e. The highest BCUT2D eigenvalue weighted by Crippen LogP contribution is 2.30. The lowest BCUT2D eigenvalue weighted by atomic mass is 10.2. The zero-order valence-corrected chi connectivity index (χ0v) is 13.5. The van der Waals surface area contributed by atoms with E-state index in [0.717, 1.165) is 29.0 Å². The van der Waals surface area contributed by atoms with Crippen molar-refractivity contribution in [2.75, 3.05) is 7.11 Å². The highest BCUT2D eigenvalue weighted by Gasteiger charge is 2.17. The van der Waals surface area contributed by atoms with Gasteiger partial charge in [-0.15, -0.1) is 10.2 Å². The summed E-state index contributed by atoms with van der Waals surface area (Å²) in [5.41, 5.74) is 0.884. The van der Waals surface area contributed by atoms with Crippen molar-refractivity contribution in [3.8, 4) is 27.7 Å². The Morgan fingerprint density at radius 2 is 1.64 bits per heavy atom. The lowest BCUT2D eigenvalue weighted by Gasteiger charge is -2.01. The van der Waals surface area contributed by atoms with Crippen LogP contribution in [-0.4, -0.2) is 26.9 Å². The van der Waals surface area contributed by atoms with Gasteiger partial charge < -0.3 is 4.74 Å². The van der Waals surface area contributed by atoms with Crippen molar-refractivity contribution < 1.29 is 17.9 Å². The van der Waals surface area contributed by atoms with Crippen molar-refractivity contribution in [3.05, 3.63) is 53.8 Å². The molecule has 0 amide bonds. The molecule has 2 heterocycles. The molecule has 0 radical (unpaired) electrons. The number of benzene rings is 2. The molecule has 0 atom stereocenters. The number of nitrogens with zero attached hydrogens (tertiary/aromatic N) is 4. The predicted molar refractivity (Wildman–Crippen MR) is 86.0 cm³/mol. The number of hydrogen-bond donors (Lipinski definition) is 0.